The van der Waals surface area contributed by atoms with Crippen molar-refractivity contribution in [3.63, 3.8) is 0 Å². The van der Waals surface area contributed by atoms with E-state index in [1.54, 1.807) is 43.4 Å². The minimum Gasteiger partial charge on any atom is -0.422 e. The van der Waals surface area contributed by atoms with Crippen LogP contribution in [0.15, 0.2) is 56.9 Å². The Hall–Kier alpha value is -4.18. The van der Waals surface area contributed by atoms with Crippen LogP contribution >= 0.6 is 0 Å². The molecule has 2 aliphatic heterocycles. The summed E-state index contributed by atoms with van der Waals surface area (Å²) < 4.78 is 39.4. The fourth-order valence-corrected chi connectivity index (χ4v) is 5.29. The molecule has 1 aromatic carbocycles. The number of aromatic nitrogens is 1. The average Bonchev–Trinajstić information content (AvgIpc) is 3.29. The van der Waals surface area contributed by atoms with Gasteiger partial charge in [0.15, 0.2) is 5.70 Å². The lowest BCUT2D eigenvalue weighted by Crippen LogP contribution is -2.50. The molecule has 0 spiro atoms. The van der Waals surface area contributed by atoms with Gasteiger partial charge in [-0.25, -0.2) is 4.79 Å². The van der Waals surface area contributed by atoms with Crippen LogP contribution in [0.5, 0.6) is 0 Å². The van der Waals surface area contributed by atoms with Gasteiger partial charge in [0.25, 0.3) is 0 Å². The Morgan fingerprint density at radius 3 is 2.78 bits per heavy atom. The number of halogens is 2. The van der Waals surface area contributed by atoms with E-state index in [0.717, 1.165) is 49.5 Å². The molecule has 0 amide bonds. The van der Waals surface area contributed by atoms with E-state index in [4.69, 9.17) is 4.42 Å². The van der Waals surface area contributed by atoms with E-state index in [-0.39, 0.29) is 0 Å². The summed E-state index contributed by atoms with van der Waals surface area (Å²) in [5.41, 5.74) is 5.41. The van der Waals surface area contributed by atoms with E-state index in [0.29, 0.717) is 33.9 Å². The fraction of sp³-hybridized carbons (Fsp3) is 0.172. The number of hydrogen-bond donors (Lipinski definition) is 0. The lowest BCUT2D eigenvalue weighted by Gasteiger charge is -2.30. The second-order valence-electron chi connectivity index (χ2n) is 9.51. The standard InChI is InChI=1S/C29H23BF2N2O2/c1-18-12-20(3)33-26(18)17-27-19(2)13-25(34(27)30(33,31)32)11-10-23-15-24-14-21-8-6-4-5-7-9-22(21)16-28(24)36-29(23)35/h6,8,10-17H,4-5H2,1-3H3/b8-6-,11-10+. The highest BCUT2D eigenvalue weighted by atomic mass is 19.2. The van der Waals surface area contributed by atoms with Gasteiger partial charge < -0.3 is 22.0 Å². The van der Waals surface area contributed by atoms with Crippen molar-refractivity contribution >= 4 is 48.0 Å². The molecule has 0 saturated heterocycles. The largest absolute Gasteiger partial charge is 0.737 e. The summed E-state index contributed by atoms with van der Waals surface area (Å²) in [4.78, 5) is 12.7. The monoisotopic (exact) mass is 480 g/mol. The van der Waals surface area contributed by atoms with Gasteiger partial charge in [0.05, 0.1) is 5.56 Å². The Kier molecular flexibility index (Phi) is 4.91. The number of rotatable bonds is 2. The molecule has 0 bridgehead atoms. The van der Waals surface area contributed by atoms with E-state index in [9.17, 15) is 4.79 Å². The van der Waals surface area contributed by atoms with Crippen molar-refractivity contribution in [1.82, 2.24) is 4.48 Å². The van der Waals surface area contributed by atoms with Crippen LogP contribution < -0.4 is 5.63 Å². The molecular weight excluding hydrogens is 457 g/mol. The first-order valence-electron chi connectivity index (χ1n) is 12.0. The van der Waals surface area contributed by atoms with E-state index in [1.165, 1.54) is 0 Å². The third-order valence-corrected chi connectivity index (χ3v) is 6.99. The third-order valence-electron chi connectivity index (χ3n) is 6.99. The molecular formula is C29H23BF2N2O2. The third kappa shape index (κ3) is 3.36. The van der Waals surface area contributed by atoms with Crippen LogP contribution in [0.4, 0.5) is 8.63 Å². The summed E-state index contributed by atoms with van der Waals surface area (Å²) in [6.45, 7) is 1.27. The van der Waals surface area contributed by atoms with Crippen molar-refractivity contribution in [1.29, 1.82) is 0 Å². The lowest BCUT2D eigenvalue weighted by atomic mass is 9.89. The number of benzene rings is 1. The number of allylic oxidation sites excluding steroid dienone is 3. The van der Waals surface area contributed by atoms with Gasteiger partial charge in [-0.1, -0.05) is 24.0 Å². The van der Waals surface area contributed by atoms with Crippen LogP contribution in [-0.4, -0.2) is 21.6 Å². The maximum atomic E-state index is 15.8. The molecule has 178 valence electrons. The average molecular weight is 480 g/mol. The van der Waals surface area contributed by atoms with E-state index < -0.39 is 12.6 Å². The first kappa shape index (κ1) is 22.3. The van der Waals surface area contributed by atoms with Crippen molar-refractivity contribution in [2.75, 3.05) is 0 Å². The summed E-state index contributed by atoms with van der Waals surface area (Å²) >= 11 is 0. The molecule has 36 heavy (non-hydrogen) atoms. The van der Waals surface area contributed by atoms with Crippen LogP contribution in [0, 0.1) is 18.8 Å². The second-order valence-corrected chi connectivity index (χ2v) is 9.51. The molecule has 0 atom stereocenters. The molecule has 0 fully saturated rings. The quantitative estimate of drug-likeness (QED) is 0.247. The molecule has 1 aliphatic carbocycles. The maximum absolute atomic E-state index is 15.8. The lowest BCUT2D eigenvalue weighted by molar-refractivity contribution is -0.362. The normalized spacial score (nSPS) is 18.6. The summed E-state index contributed by atoms with van der Waals surface area (Å²) in [5.74, 6) is 6.25. The van der Waals surface area contributed by atoms with Crippen LogP contribution in [0.25, 0.3) is 35.3 Å². The summed E-state index contributed by atoms with van der Waals surface area (Å²) in [7, 11) is 0. The molecule has 7 heteroatoms. The Balaban J connectivity index is 1.45. The number of nitrogens with zero attached hydrogens (tertiary/aromatic N) is 2. The highest BCUT2D eigenvalue weighted by Crippen LogP contribution is 2.37. The molecule has 0 unspecified atom stereocenters. The predicted octanol–water partition coefficient (Wildman–Crippen LogP) is 6.24. The number of fused-ring (bicyclic) bond motifs is 4. The summed E-state index contributed by atoms with van der Waals surface area (Å²) in [6, 6.07) is 7.19. The van der Waals surface area contributed by atoms with Gasteiger partial charge in [-0.3, -0.25) is 0 Å². The topological polar surface area (TPSA) is 38.1 Å². The van der Waals surface area contributed by atoms with Gasteiger partial charge in [-0.05, 0) is 67.8 Å². The van der Waals surface area contributed by atoms with Crippen molar-refractivity contribution in [3.05, 3.63) is 91.7 Å². The smallest absolute Gasteiger partial charge is 0.422 e. The highest BCUT2D eigenvalue weighted by Gasteiger charge is 2.53. The zero-order valence-corrected chi connectivity index (χ0v) is 20.2. The molecule has 3 aliphatic rings. The van der Waals surface area contributed by atoms with Gasteiger partial charge in [0.1, 0.15) is 11.3 Å². The molecule has 0 radical (unpaired) electrons. The van der Waals surface area contributed by atoms with Crippen molar-refractivity contribution in [3.8, 4) is 11.8 Å². The van der Waals surface area contributed by atoms with E-state index >= 15 is 8.63 Å². The van der Waals surface area contributed by atoms with Crippen LogP contribution in [0.1, 0.15) is 60.3 Å². The van der Waals surface area contributed by atoms with Crippen LogP contribution in [0.3, 0.4) is 0 Å². The highest BCUT2D eigenvalue weighted by molar-refractivity contribution is 6.58. The van der Waals surface area contributed by atoms with Crippen LogP contribution in [0.2, 0.25) is 0 Å². The van der Waals surface area contributed by atoms with E-state index in [1.807, 2.05) is 32.1 Å². The Morgan fingerprint density at radius 2 is 1.94 bits per heavy atom. The number of hydrogen-bond acceptors (Lipinski definition) is 2. The fourth-order valence-electron chi connectivity index (χ4n) is 5.29. The summed E-state index contributed by atoms with van der Waals surface area (Å²) in [6.07, 6.45) is 12.5. The van der Waals surface area contributed by atoms with Gasteiger partial charge in [0, 0.05) is 53.4 Å². The van der Waals surface area contributed by atoms with Crippen LogP contribution in [-0.2, 0) is 0 Å². The van der Waals surface area contributed by atoms with E-state index in [2.05, 4.69) is 17.9 Å². The zero-order chi connectivity index (χ0) is 25.2. The first-order valence-corrected chi connectivity index (χ1v) is 12.0. The molecule has 2 aromatic heterocycles. The zero-order valence-electron chi connectivity index (χ0n) is 20.2. The minimum absolute atomic E-state index is 0.292. The molecule has 0 saturated carbocycles. The predicted molar refractivity (Wildman–Crippen MR) is 142 cm³/mol. The molecule has 4 heterocycles. The Bertz CT molecular complexity index is 1770. The van der Waals surface area contributed by atoms with Crippen molar-refractivity contribution in [2.45, 2.75) is 33.6 Å². The number of aryl methyl sites for hydroxylation is 1. The Morgan fingerprint density at radius 1 is 1.11 bits per heavy atom. The SMILES string of the molecule is CC1=CC(C)=[N+]2C1=Cc1c(C)cc(/C=C/c3cc4cc5c(cc4oc3=O)C#CCC/C=C\5)n1[B-]2(F)F. The second kappa shape index (κ2) is 7.92. The molecule has 0 N–H and O–H groups in total. The summed E-state index contributed by atoms with van der Waals surface area (Å²) in [5, 5.41) is 0.749. The van der Waals surface area contributed by atoms with Gasteiger partial charge in [0.2, 0.25) is 0 Å². The minimum atomic E-state index is -4.09. The van der Waals surface area contributed by atoms with Gasteiger partial charge in [-0.2, -0.15) is 0 Å². The van der Waals surface area contributed by atoms with Crippen molar-refractivity contribution < 1.29 is 17.5 Å². The maximum Gasteiger partial charge on any atom is 0.737 e. The molecule has 4 nitrogen and oxygen atoms in total. The Labute approximate surface area is 207 Å². The molecule has 6 rings (SSSR count). The van der Waals surface area contributed by atoms with Gasteiger partial charge in [-0.15, -0.1) is 0 Å². The van der Waals surface area contributed by atoms with Crippen molar-refractivity contribution in [2.24, 2.45) is 0 Å². The van der Waals surface area contributed by atoms with Gasteiger partial charge >= 0.3 is 12.6 Å². The molecule has 3 aromatic rings. The first-order chi connectivity index (χ1) is 17.2.